The van der Waals surface area contributed by atoms with E-state index in [4.69, 9.17) is 5.11 Å². The monoisotopic (exact) mass is 185 g/mol. The van der Waals surface area contributed by atoms with Gasteiger partial charge < -0.3 is 5.11 Å². The van der Waals surface area contributed by atoms with E-state index in [2.05, 4.69) is 20.8 Å². The Morgan fingerprint density at radius 1 is 1.50 bits per heavy atom. The molecule has 0 spiro atoms. The summed E-state index contributed by atoms with van der Waals surface area (Å²) in [6.45, 7) is 6.17. The SMILES string of the molecule is CC(C)(C)[s+]1cccc1C(=O)O. The molecule has 0 radical (unpaired) electrons. The molecule has 0 bridgehead atoms. The first-order chi connectivity index (χ1) is 5.43. The third-order valence-corrected chi connectivity index (χ3v) is 4.10. The minimum absolute atomic E-state index is 0.0250. The molecule has 12 heavy (non-hydrogen) atoms. The molecule has 3 heteroatoms. The van der Waals surface area contributed by atoms with Crippen LogP contribution in [0.15, 0.2) is 17.5 Å². The van der Waals surface area contributed by atoms with Crippen LogP contribution >= 0.6 is 10.5 Å². The lowest BCUT2D eigenvalue weighted by molar-refractivity contribution is 0.0701. The molecule has 1 heterocycles. The summed E-state index contributed by atoms with van der Waals surface area (Å²) in [5, 5.41) is 10.8. The third kappa shape index (κ3) is 1.67. The minimum atomic E-state index is -0.793. The van der Waals surface area contributed by atoms with Crippen molar-refractivity contribution in [3.63, 3.8) is 0 Å². The van der Waals surface area contributed by atoms with Crippen LogP contribution in [0.3, 0.4) is 0 Å². The predicted octanol–water partition coefficient (Wildman–Crippen LogP) is 2.89. The molecule has 0 saturated heterocycles. The van der Waals surface area contributed by atoms with Gasteiger partial charge in [0, 0.05) is 6.07 Å². The van der Waals surface area contributed by atoms with Gasteiger partial charge in [0.2, 0.25) is 0 Å². The Bertz CT molecular complexity index is 294. The molecular formula is C9H13O2S+. The Labute approximate surface area is 74.8 Å². The largest absolute Gasteiger partial charge is 0.474 e. The molecule has 2 nitrogen and oxygen atoms in total. The average Bonchev–Trinajstić information content (AvgIpc) is 2.30. The quantitative estimate of drug-likeness (QED) is 0.683. The van der Waals surface area contributed by atoms with Crippen molar-refractivity contribution in [1.82, 2.24) is 0 Å². The fourth-order valence-corrected chi connectivity index (χ4v) is 2.91. The van der Waals surface area contributed by atoms with Crippen molar-refractivity contribution in [2.24, 2.45) is 0 Å². The zero-order valence-electron chi connectivity index (χ0n) is 7.50. The van der Waals surface area contributed by atoms with Crippen LogP contribution in [0.2, 0.25) is 0 Å². The molecule has 1 atom stereocenters. The number of carboxylic acid groups (broad SMARTS) is 1. The molecule has 66 valence electrons. The lowest BCUT2D eigenvalue weighted by atomic mass is 10.3. The highest BCUT2D eigenvalue weighted by atomic mass is 32.2. The summed E-state index contributed by atoms with van der Waals surface area (Å²) in [6.07, 6.45) is 0. The van der Waals surface area contributed by atoms with Crippen LogP contribution in [0, 0.1) is 0 Å². The van der Waals surface area contributed by atoms with Crippen LogP contribution in [-0.2, 0) is 4.75 Å². The smallest absolute Gasteiger partial charge is 0.389 e. The van der Waals surface area contributed by atoms with Gasteiger partial charge in [-0.05, 0) is 37.3 Å². The summed E-state index contributed by atoms with van der Waals surface area (Å²) in [5.41, 5.74) is 0. The molecule has 1 unspecified atom stereocenters. The normalized spacial score (nSPS) is 13.1. The van der Waals surface area contributed by atoms with E-state index in [9.17, 15) is 4.79 Å². The molecule has 1 aromatic heterocycles. The molecule has 0 amide bonds. The highest BCUT2D eigenvalue weighted by Crippen LogP contribution is 2.39. The number of rotatable bonds is 1. The van der Waals surface area contributed by atoms with Crippen molar-refractivity contribution < 1.29 is 9.90 Å². The van der Waals surface area contributed by atoms with E-state index >= 15 is 0 Å². The Hall–Kier alpha value is -0.830. The molecule has 0 aromatic carbocycles. The minimum Gasteiger partial charge on any atom is -0.474 e. The fourth-order valence-electron chi connectivity index (χ4n) is 1.05. The first-order valence-electron chi connectivity index (χ1n) is 3.78. The zero-order valence-corrected chi connectivity index (χ0v) is 8.31. The van der Waals surface area contributed by atoms with Gasteiger partial charge in [0.25, 0.3) is 4.88 Å². The Balaban J connectivity index is 3.17. The van der Waals surface area contributed by atoms with Crippen LogP contribution in [0.5, 0.6) is 0 Å². The molecule has 1 rings (SSSR count). The fraction of sp³-hybridized carbons (Fsp3) is 0.444. The molecule has 0 saturated carbocycles. The van der Waals surface area contributed by atoms with Crippen molar-refractivity contribution in [3.8, 4) is 0 Å². The zero-order chi connectivity index (χ0) is 9.35. The van der Waals surface area contributed by atoms with Crippen LogP contribution < -0.4 is 0 Å². The van der Waals surface area contributed by atoms with Crippen molar-refractivity contribution >= 4 is 16.4 Å². The Morgan fingerprint density at radius 3 is 2.42 bits per heavy atom. The van der Waals surface area contributed by atoms with Crippen LogP contribution in [0.4, 0.5) is 0 Å². The standard InChI is InChI=1S/C9H12O2S/c1-9(2,3)12-6-4-5-7(12)8(10)11/h4-6H,1-3H3/p+1. The maximum Gasteiger partial charge on any atom is 0.389 e. The van der Waals surface area contributed by atoms with E-state index in [1.165, 1.54) is 0 Å². The van der Waals surface area contributed by atoms with Crippen molar-refractivity contribution in [1.29, 1.82) is 0 Å². The second-order valence-electron chi connectivity index (χ2n) is 3.61. The van der Waals surface area contributed by atoms with E-state index in [0.717, 1.165) is 0 Å². The van der Waals surface area contributed by atoms with E-state index < -0.39 is 5.97 Å². The highest BCUT2D eigenvalue weighted by molar-refractivity contribution is 7.33. The Kier molecular flexibility index (Phi) is 2.24. The maximum absolute atomic E-state index is 10.8. The van der Waals surface area contributed by atoms with E-state index in [0.29, 0.717) is 4.88 Å². The van der Waals surface area contributed by atoms with Crippen LogP contribution in [0.25, 0.3) is 0 Å². The topological polar surface area (TPSA) is 37.3 Å². The van der Waals surface area contributed by atoms with Gasteiger partial charge in [0.05, 0.1) is 0 Å². The molecule has 0 fully saturated rings. The first kappa shape index (κ1) is 9.26. The summed E-state index contributed by atoms with van der Waals surface area (Å²) in [6, 6.07) is 3.52. The number of carboxylic acids is 1. The van der Waals surface area contributed by atoms with Crippen molar-refractivity contribution in [2.45, 2.75) is 25.5 Å². The number of carbonyl (C=O) groups is 1. The summed E-state index contributed by atoms with van der Waals surface area (Å²) >= 11 is 0. The Morgan fingerprint density at radius 2 is 2.08 bits per heavy atom. The summed E-state index contributed by atoms with van der Waals surface area (Å²) < 4.78 is 0.0250. The number of hydrogen-bond donors (Lipinski definition) is 1. The second kappa shape index (κ2) is 2.90. The average molecular weight is 185 g/mol. The first-order valence-corrected chi connectivity index (χ1v) is 5.06. The third-order valence-electron chi connectivity index (χ3n) is 1.57. The summed E-state index contributed by atoms with van der Waals surface area (Å²) in [7, 11) is -0.231. The van der Waals surface area contributed by atoms with Crippen LogP contribution in [0.1, 0.15) is 30.4 Å². The maximum atomic E-state index is 10.8. The number of aromatic carboxylic acids is 1. The van der Waals surface area contributed by atoms with Gasteiger partial charge in [-0.15, -0.1) is 0 Å². The van der Waals surface area contributed by atoms with Gasteiger partial charge in [-0.2, -0.15) is 0 Å². The van der Waals surface area contributed by atoms with Gasteiger partial charge >= 0.3 is 5.97 Å². The number of thiophene rings is 1. The van der Waals surface area contributed by atoms with Gasteiger partial charge in [-0.3, -0.25) is 0 Å². The van der Waals surface area contributed by atoms with Crippen molar-refractivity contribution in [3.05, 3.63) is 22.4 Å². The molecule has 0 aliphatic heterocycles. The predicted molar refractivity (Wildman–Crippen MR) is 50.9 cm³/mol. The molecule has 0 aliphatic carbocycles. The molecular weight excluding hydrogens is 172 g/mol. The van der Waals surface area contributed by atoms with Gasteiger partial charge in [-0.1, -0.05) is 0 Å². The van der Waals surface area contributed by atoms with Gasteiger partial charge in [0.1, 0.15) is 10.1 Å². The molecule has 1 aromatic rings. The molecule has 1 N–H and O–H groups in total. The summed E-state index contributed by atoms with van der Waals surface area (Å²) in [5.74, 6) is -0.793. The van der Waals surface area contributed by atoms with E-state index in [1.54, 1.807) is 6.07 Å². The highest BCUT2D eigenvalue weighted by Gasteiger charge is 2.31. The van der Waals surface area contributed by atoms with Gasteiger partial charge in [-0.25, -0.2) is 4.79 Å². The van der Waals surface area contributed by atoms with E-state index in [-0.39, 0.29) is 15.2 Å². The lowest BCUT2D eigenvalue weighted by Gasteiger charge is -2.08. The number of hydrogen-bond acceptors (Lipinski definition) is 1. The molecule has 0 aliphatic rings. The van der Waals surface area contributed by atoms with Gasteiger partial charge in [0.15, 0.2) is 0 Å². The van der Waals surface area contributed by atoms with Crippen molar-refractivity contribution in [2.75, 3.05) is 0 Å². The summed E-state index contributed by atoms with van der Waals surface area (Å²) in [4.78, 5) is 11.3. The second-order valence-corrected chi connectivity index (χ2v) is 6.23. The van der Waals surface area contributed by atoms with Crippen LogP contribution in [-0.4, -0.2) is 11.1 Å². The van der Waals surface area contributed by atoms with E-state index in [1.807, 2.05) is 11.4 Å². The lowest BCUT2D eigenvalue weighted by Crippen LogP contribution is -2.06.